The van der Waals surface area contributed by atoms with E-state index in [1.807, 2.05) is 0 Å². The van der Waals surface area contributed by atoms with Gasteiger partial charge in [-0.05, 0) is 26.8 Å². The Morgan fingerprint density at radius 1 is 1.47 bits per heavy atom. The fraction of sp³-hybridized carbons (Fsp3) is 0.400. The molecule has 0 saturated carbocycles. The second-order valence-electron chi connectivity index (χ2n) is 3.42. The first-order valence-corrected chi connectivity index (χ1v) is 4.59. The summed E-state index contributed by atoms with van der Waals surface area (Å²) in [5.74, 6) is 0.267. The summed E-state index contributed by atoms with van der Waals surface area (Å²) in [6.45, 7) is 4.97. The zero-order chi connectivity index (χ0) is 11.6. The lowest BCUT2D eigenvalue weighted by atomic mass is 10.2. The van der Waals surface area contributed by atoms with Gasteiger partial charge in [-0.2, -0.15) is 0 Å². The van der Waals surface area contributed by atoms with Crippen molar-refractivity contribution in [3.05, 3.63) is 23.2 Å². The Morgan fingerprint density at radius 3 is 2.47 bits per heavy atom. The molecule has 0 spiro atoms. The molecule has 5 nitrogen and oxygen atoms in total. The molecule has 1 aromatic heterocycles. The minimum absolute atomic E-state index is 0.351. The molecule has 0 aliphatic rings. The summed E-state index contributed by atoms with van der Waals surface area (Å²) in [5, 5.41) is 2.48. The van der Waals surface area contributed by atoms with Crippen molar-refractivity contribution in [2.75, 3.05) is 0 Å². The molecule has 0 aliphatic carbocycles. The maximum atomic E-state index is 11.6. The first-order valence-electron chi connectivity index (χ1n) is 4.59. The van der Waals surface area contributed by atoms with Crippen LogP contribution in [0.5, 0.6) is 0 Å². The van der Waals surface area contributed by atoms with Crippen molar-refractivity contribution in [2.24, 2.45) is 5.73 Å². The van der Waals surface area contributed by atoms with Gasteiger partial charge < -0.3 is 15.5 Å². The zero-order valence-corrected chi connectivity index (χ0v) is 8.96. The largest absolute Gasteiger partial charge is 0.466 e. The van der Waals surface area contributed by atoms with Gasteiger partial charge in [0.15, 0.2) is 0 Å². The number of aryl methyl sites for hydroxylation is 2. The minimum Gasteiger partial charge on any atom is -0.466 e. The van der Waals surface area contributed by atoms with Crippen LogP contribution in [0, 0.1) is 13.8 Å². The third-order valence-electron chi connectivity index (χ3n) is 2.06. The summed E-state index contributed by atoms with van der Waals surface area (Å²) < 4.78 is 5.20. The second-order valence-corrected chi connectivity index (χ2v) is 3.42. The standard InChI is InChI=1S/C10H14N2O3/c1-5-4-8(7(3)15-5)10(14)12-6(2)9(11)13/h4,6H,1-3H3,(H2,11,13)(H,12,14). The lowest BCUT2D eigenvalue weighted by molar-refractivity contribution is -0.119. The van der Waals surface area contributed by atoms with Gasteiger partial charge in [0, 0.05) is 0 Å². The number of hydrogen-bond donors (Lipinski definition) is 2. The highest BCUT2D eigenvalue weighted by molar-refractivity contribution is 5.98. The predicted octanol–water partition coefficient (Wildman–Crippen LogP) is 0.500. The number of rotatable bonds is 3. The van der Waals surface area contributed by atoms with E-state index in [4.69, 9.17) is 10.2 Å². The summed E-state index contributed by atoms with van der Waals surface area (Å²) in [5.41, 5.74) is 5.46. The van der Waals surface area contributed by atoms with Gasteiger partial charge in [-0.1, -0.05) is 0 Å². The molecule has 1 aromatic rings. The molecule has 2 amide bonds. The Hall–Kier alpha value is -1.78. The number of carbonyl (C=O) groups is 2. The smallest absolute Gasteiger partial charge is 0.255 e. The van der Waals surface area contributed by atoms with E-state index in [0.29, 0.717) is 17.1 Å². The van der Waals surface area contributed by atoms with Gasteiger partial charge in [0.2, 0.25) is 5.91 Å². The van der Waals surface area contributed by atoms with Crippen molar-refractivity contribution in [2.45, 2.75) is 26.8 Å². The molecular weight excluding hydrogens is 196 g/mol. The van der Waals surface area contributed by atoms with Crippen LogP contribution in [0.3, 0.4) is 0 Å². The Kier molecular flexibility index (Phi) is 3.14. The van der Waals surface area contributed by atoms with Crippen LogP contribution in [0.1, 0.15) is 28.8 Å². The van der Waals surface area contributed by atoms with Gasteiger partial charge in [0.25, 0.3) is 5.91 Å². The Bertz CT molecular complexity index is 395. The van der Waals surface area contributed by atoms with Crippen LogP contribution < -0.4 is 11.1 Å². The van der Waals surface area contributed by atoms with E-state index in [0.717, 1.165) is 0 Å². The molecule has 82 valence electrons. The van der Waals surface area contributed by atoms with Crippen LogP contribution in [-0.2, 0) is 4.79 Å². The van der Waals surface area contributed by atoms with Crippen molar-refractivity contribution < 1.29 is 14.0 Å². The second kappa shape index (κ2) is 4.16. The Morgan fingerprint density at radius 2 is 2.07 bits per heavy atom. The summed E-state index contributed by atoms with van der Waals surface area (Å²) in [4.78, 5) is 22.4. The van der Waals surface area contributed by atoms with Crippen molar-refractivity contribution in [1.29, 1.82) is 0 Å². The number of nitrogens with two attached hydrogens (primary N) is 1. The third kappa shape index (κ3) is 2.59. The maximum absolute atomic E-state index is 11.6. The van der Waals surface area contributed by atoms with Gasteiger partial charge in [-0.25, -0.2) is 0 Å². The Balaban J connectivity index is 2.77. The fourth-order valence-corrected chi connectivity index (χ4v) is 1.20. The van der Waals surface area contributed by atoms with E-state index < -0.39 is 11.9 Å². The summed E-state index contributed by atoms with van der Waals surface area (Å²) in [7, 11) is 0. The SMILES string of the molecule is Cc1cc(C(=O)NC(C)C(N)=O)c(C)o1. The highest BCUT2D eigenvalue weighted by atomic mass is 16.3. The van der Waals surface area contributed by atoms with Crippen molar-refractivity contribution in [3.63, 3.8) is 0 Å². The first kappa shape index (κ1) is 11.3. The number of amides is 2. The number of carbonyl (C=O) groups excluding carboxylic acids is 2. The van der Waals surface area contributed by atoms with Crippen molar-refractivity contribution in [3.8, 4) is 0 Å². The molecule has 15 heavy (non-hydrogen) atoms. The molecule has 1 atom stereocenters. The van der Waals surface area contributed by atoms with Gasteiger partial charge in [0.05, 0.1) is 5.56 Å². The lowest BCUT2D eigenvalue weighted by Crippen LogP contribution is -2.42. The topological polar surface area (TPSA) is 85.3 Å². The molecule has 1 heterocycles. The number of hydrogen-bond acceptors (Lipinski definition) is 3. The predicted molar refractivity (Wildman–Crippen MR) is 54.3 cm³/mol. The average molecular weight is 210 g/mol. The number of furan rings is 1. The number of nitrogens with one attached hydrogen (secondary N) is 1. The molecule has 0 saturated heterocycles. The molecule has 3 N–H and O–H groups in total. The highest BCUT2D eigenvalue weighted by Gasteiger charge is 2.17. The van der Waals surface area contributed by atoms with Crippen LogP contribution in [-0.4, -0.2) is 17.9 Å². The van der Waals surface area contributed by atoms with Gasteiger partial charge >= 0.3 is 0 Å². The normalized spacial score (nSPS) is 12.2. The summed E-state index contributed by atoms with van der Waals surface area (Å²) in [6, 6.07) is 0.936. The average Bonchev–Trinajstić information content (AvgIpc) is 2.44. The summed E-state index contributed by atoms with van der Waals surface area (Å²) in [6.07, 6.45) is 0. The molecule has 1 unspecified atom stereocenters. The van der Waals surface area contributed by atoms with Crippen molar-refractivity contribution >= 4 is 11.8 Å². The fourth-order valence-electron chi connectivity index (χ4n) is 1.20. The van der Waals surface area contributed by atoms with E-state index in [9.17, 15) is 9.59 Å². The van der Waals surface area contributed by atoms with E-state index in [-0.39, 0.29) is 5.91 Å². The quantitative estimate of drug-likeness (QED) is 0.761. The van der Waals surface area contributed by atoms with Crippen molar-refractivity contribution in [1.82, 2.24) is 5.32 Å². The molecule has 0 bridgehead atoms. The van der Waals surface area contributed by atoms with Crippen LogP contribution in [0.25, 0.3) is 0 Å². The molecule has 5 heteroatoms. The monoisotopic (exact) mass is 210 g/mol. The van der Waals surface area contributed by atoms with Crippen LogP contribution in [0.4, 0.5) is 0 Å². The third-order valence-corrected chi connectivity index (χ3v) is 2.06. The molecule has 0 fully saturated rings. The van der Waals surface area contributed by atoms with Crippen LogP contribution in [0.15, 0.2) is 10.5 Å². The zero-order valence-electron chi connectivity index (χ0n) is 8.96. The molecule has 0 radical (unpaired) electrons. The van der Waals surface area contributed by atoms with Gasteiger partial charge in [0.1, 0.15) is 17.6 Å². The lowest BCUT2D eigenvalue weighted by Gasteiger charge is -2.08. The van der Waals surface area contributed by atoms with Crippen LogP contribution in [0.2, 0.25) is 0 Å². The first-order chi connectivity index (χ1) is 6.91. The molecular formula is C10H14N2O3. The van der Waals surface area contributed by atoms with E-state index >= 15 is 0 Å². The van der Waals surface area contributed by atoms with Crippen LogP contribution >= 0.6 is 0 Å². The van der Waals surface area contributed by atoms with Gasteiger partial charge in [-0.3, -0.25) is 9.59 Å². The van der Waals surface area contributed by atoms with E-state index in [1.165, 1.54) is 6.92 Å². The highest BCUT2D eigenvalue weighted by Crippen LogP contribution is 2.13. The number of primary amides is 1. The Labute approximate surface area is 87.6 Å². The minimum atomic E-state index is -0.688. The van der Waals surface area contributed by atoms with E-state index in [1.54, 1.807) is 19.9 Å². The molecule has 0 aliphatic heterocycles. The molecule has 1 rings (SSSR count). The summed E-state index contributed by atoms with van der Waals surface area (Å²) >= 11 is 0. The maximum Gasteiger partial charge on any atom is 0.255 e. The van der Waals surface area contributed by atoms with E-state index in [2.05, 4.69) is 5.32 Å². The molecule has 0 aromatic carbocycles. The van der Waals surface area contributed by atoms with Gasteiger partial charge in [-0.15, -0.1) is 0 Å².